The summed E-state index contributed by atoms with van der Waals surface area (Å²) in [5.74, 6) is 2.40. The molecule has 8 nitrogen and oxygen atoms in total. The second-order valence-corrected chi connectivity index (χ2v) is 9.62. The lowest BCUT2D eigenvalue weighted by atomic mass is 10.0. The lowest BCUT2D eigenvalue weighted by molar-refractivity contribution is 0.194. The summed E-state index contributed by atoms with van der Waals surface area (Å²) in [5.41, 5.74) is 5.52. The molecule has 5 aromatic rings. The number of para-hydroxylation sites is 1. The number of benzene rings is 3. The Kier molecular flexibility index (Phi) is 6.74. The van der Waals surface area contributed by atoms with E-state index in [9.17, 15) is 4.79 Å². The maximum Gasteiger partial charge on any atom is 0.322 e. The topological polar surface area (TPSA) is 73.6 Å². The van der Waals surface area contributed by atoms with Gasteiger partial charge in [0.1, 0.15) is 17.3 Å². The molecule has 202 valence electrons. The zero-order valence-corrected chi connectivity index (χ0v) is 22.7. The molecule has 40 heavy (non-hydrogen) atoms. The number of rotatable bonds is 6. The van der Waals surface area contributed by atoms with Crippen molar-refractivity contribution in [3.05, 3.63) is 120 Å². The van der Waals surface area contributed by atoms with Crippen LogP contribution >= 0.6 is 0 Å². The smallest absolute Gasteiger partial charge is 0.322 e. The van der Waals surface area contributed by atoms with E-state index in [1.165, 1.54) is 0 Å². The summed E-state index contributed by atoms with van der Waals surface area (Å²) in [6, 6.07) is 28.9. The second-order valence-electron chi connectivity index (χ2n) is 9.62. The number of carbonyl (C=O) groups is 1. The number of anilines is 1. The first-order valence-corrected chi connectivity index (χ1v) is 13.3. The Bertz CT molecular complexity index is 1640. The van der Waals surface area contributed by atoms with E-state index < -0.39 is 0 Å². The van der Waals surface area contributed by atoms with Crippen molar-refractivity contribution >= 4 is 11.7 Å². The summed E-state index contributed by atoms with van der Waals surface area (Å²) in [6.45, 7) is 2.47. The van der Waals surface area contributed by atoms with Crippen LogP contribution in [0.1, 0.15) is 35.5 Å². The van der Waals surface area contributed by atoms with Gasteiger partial charge in [0.2, 0.25) is 0 Å². The van der Waals surface area contributed by atoms with Gasteiger partial charge in [-0.05, 0) is 72.6 Å². The lowest BCUT2D eigenvalue weighted by Crippen LogP contribution is -2.38. The molecule has 1 atom stereocenters. The lowest BCUT2D eigenvalue weighted by Gasteiger charge is -2.31. The predicted molar refractivity (Wildman–Crippen MR) is 155 cm³/mol. The van der Waals surface area contributed by atoms with E-state index in [2.05, 4.69) is 35.0 Å². The predicted octanol–water partition coefficient (Wildman–Crippen LogP) is 6.38. The monoisotopic (exact) mass is 533 g/mol. The van der Waals surface area contributed by atoms with Crippen LogP contribution in [0.3, 0.4) is 0 Å². The fourth-order valence-electron chi connectivity index (χ4n) is 5.38. The number of aryl methyl sites for hydroxylation is 1. The maximum absolute atomic E-state index is 14.1. The molecule has 3 aromatic carbocycles. The number of ether oxygens (including phenoxy) is 2. The number of methoxy groups -OCH3 is 2. The molecule has 0 spiro atoms. The Morgan fingerprint density at radius 1 is 0.925 bits per heavy atom. The molecule has 8 heteroatoms. The molecular formula is C32H31N5O3. The molecule has 2 aromatic heterocycles. The Morgan fingerprint density at radius 2 is 1.70 bits per heavy atom. The van der Waals surface area contributed by atoms with Crippen molar-refractivity contribution in [3.8, 4) is 23.0 Å². The summed E-state index contributed by atoms with van der Waals surface area (Å²) in [4.78, 5) is 16.0. The zero-order chi connectivity index (χ0) is 27.6. The Morgan fingerprint density at radius 3 is 2.42 bits per heavy atom. The molecule has 0 fully saturated rings. The number of urea groups is 1. The van der Waals surface area contributed by atoms with E-state index in [1.54, 1.807) is 14.2 Å². The van der Waals surface area contributed by atoms with Gasteiger partial charge in [-0.2, -0.15) is 5.10 Å². The van der Waals surface area contributed by atoms with Crippen LogP contribution in [0.5, 0.6) is 11.5 Å². The summed E-state index contributed by atoms with van der Waals surface area (Å²) < 4.78 is 15.0. The van der Waals surface area contributed by atoms with Crippen LogP contribution in [0.4, 0.5) is 10.5 Å². The van der Waals surface area contributed by atoms with Crippen molar-refractivity contribution in [2.24, 2.45) is 0 Å². The minimum atomic E-state index is -0.385. The van der Waals surface area contributed by atoms with E-state index in [0.717, 1.165) is 51.9 Å². The van der Waals surface area contributed by atoms with Gasteiger partial charge in [-0.25, -0.2) is 9.48 Å². The molecule has 0 radical (unpaired) electrons. The first kappa shape index (κ1) is 25.3. The molecule has 1 aliphatic heterocycles. The number of carbonyl (C=O) groups excluding carboxylic acids is 1. The molecular weight excluding hydrogens is 502 g/mol. The second kappa shape index (κ2) is 10.6. The van der Waals surface area contributed by atoms with E-state index in [4.69, 9.17) is 14.6 Å². The molecule has 2 amide bonds. The van der Waals surface area contributed by atoms with Crippen LogP contribution in [-0.4, -0.2) is 39.5 Å². The van der Waals surface area contributed by atoms with Crippen molar-refractivity contribution in [1.82, 2.24) is 19.2 Å². The molecule has 6 rings (SSSR count). The highest BCUT2D eigenvalue weighted by molar-refractivity contribution is 5.90. The Hall–Kier alpha value is -4.98. The van der Waals surface area contributed by atoms with Gasteiger partial charge in [-0.1, -0.05) is 37.3 Å². The fraction of sp³-hybridized carbons (Fsp3) is 0.188. The third kappa shape index (κ3) is 4.47. The molecule has 0 unspecified atom stereocenters. The minimum Gasteiger partial charge on any atom is -0.497 e. The number of hydrogen-bond acceptors (Lipinski definition) is 4. The molecule has 3 heterocycles. The molecule has 0 aliphatic carbocycles. The summed E-state index contributed by atoms with van der Waals surface area (Å²) in [5, 5.41) is 8.14. The van der Waals surface area contributed by atoms with Gasteiger partial charge in [0.15, 0.2) is 0 Å². The third-order valence-electron chi connectivity index (χ3n) is 7.32. The van der Waals surface area contributed by atoms with Crippen molar-refractivity contribution in [1.29, 1.82) is 0 Å². The molecule has 0 saturated heterocycles. The van der Waals surface area contributed by atoms with Crippen LogP contribution in [0.25, 0.3) is 11.5 Å². The van der Waals surface area contributed by atoms with Crippen LogP contribution < -0.4 is 14.8 Å². The van der Waals surface area contributed by atoms with Gasteiger partial charge in [-0.3, -0.25) is 0 Å². The number of fused-ring (bicyclic) bond motifs is 3. The number of nitrogens with zero attached hydrogens (tertiary/aromatic N) is 4. The zero-order valence-electron chi connectivity index (χ0n) is 22.7. The van der Waals surface area contributed by atoms with Crippen LogP contribution in [0, 0.1) is 0 Å². The third-order valence-corrected chi connectivity index (χ3v) is 7.32. The average Bonchev–Trinajstić information content (AvgIpc) is 3.59. The van der Waals surface area contributed by atoms with Crippen LogP contribution in [0.2, 0.25) is 0 Å². The maximum atomic E-state index is 14.1. The Labute approximate surface area is 233 Å². The molecule has 1 N–H and O–H groups in total. The largest absolute Gasteiger partial charge is 0.497 e. The summed E-state index contributed by atoms with van der Waals surface area (Å²) in [6.07, 6.45) is 2.78. The van der Waals surface area contributed by atoms with Gasteiger partial charge < -0.3 is 24.3 Å². The summed E-state index contributed by atoms with van der Waals surface area (Å²) >= 11 is 0. The normalized spacial score (nSPS) is 14.2. The van der Waals surface area contributed by atoms with E-state index in [1.807, 2.05) is 88.6 Å². The summed E-state index contributed by atoms with van der Waals surface area (Å²) in [7, 11) is 3.28. The van der Waals surface area contributed by atoms with Crippen molar-refractivity contribution < 1.29 is 14.3 Å². The minimum absolute atomic E-state index is 0.215. The number of amides is 2. The van der Waals surface area contributed by atoms with Crippen molar-refractivity contribution in [2.45, 2.75) is 25.9 Å². The first-order chi connectivity index (χ1) is 19.6. The standard InChI is InChI=1S/C32H31N5O3/c1-4-28-27-21-36(32(38)33-23-15-17-25(39-2)18-16-23)30(22-10-8-13-26(20-22)40-3)29-14-9-19-35(29)31(27)37(34-28)24-11-6-5-7-12-24/h5-20,30H,4,21H2,1-3H3,(H,33,38)/t30-/m0/s1. The van der Waals surface area contributed by atoms with Crippen molar-refractivity contribution in [2.75, 3.05) is 19.5 Å². The van der Waals surface area contributed by atoms with E-state index >= 15 is 0 Å². The highest BCUT2D eigenvalue weighted by Gasteiger charge is 2.36. The first-order valence-electron chi connectivity index (χ1n) is 13.3. The highest BCUT2D eigenvalue weighted by atomic mass is 16.5. The molecule has 0 saturated carbocycles. The SMILES string of the molecule is CCc1nn(-c2ccccc2)c2c1CN(C(=O)Nc1ccc(OC)cc1)[C@@H](c1cccc(OC)c1)c1cccn1-2. The number of nitrogens with one attached hydrogen (secondary N) is 1. The number of aromatic nitrogens is 3. The van der Waals surface area contributed by atoms with Crippen LogP contribution in [-0.2, 0) is 13.0 Å². The Balaban J connectivity index is 1.53. The highest BCUT2D eigenvalue weighted by Crippen LogP contribution is 2.39. The fourth-order valence-corrected chi connectivity index (χ4v) is 5.38. The average molecular weight is 534 g/mol. The van der Waals surface area contributed by atoms with Crippen LogP contribution in [0.15, 0.2) is 97.2 Å². The van der Waals surface area contributed by atoms with Gasteiger partial charge in [0.05, 0.1) is 43.9 Å². The van der Waals surface area contributed by atoms with Gasteiger partial charge >= 0.3 is 6.03 Å². The van der Waals surface area contributed by atoms with Crippen molar-refractivity contribution in [3.63, 3.8) is 0 Å². The molecule has 0 bridgehead atoms. The number of hydrogen-bond donors (Lipinski definition) is 1. The van der Waals surface area contributed by atoms with Gasteiger partial charge in [0.25, 0.3) is 0 Å². The van der Waals surface area contributed by atoms with Gasteiger partial charge in [0, 0.05) is 17.4 Å². The molecule has 1 aliphatic rings. The van der Waals surface area contributed by atoms with E-state index in [-0.39, 0.29) is 12.1 Å². The quantitative estimate of drug-likeness (QED) is 0.275. The van der Waals surface area contributed by atoms with E-state index in [0.29, 0.717) is 12.2 Å². The van der Waals surface area contributed by atoms with Gasteiger partial charge in [-0.15, -0.1) is 0 Å².